The number of Topliss-reactive ketones (excluding diaryl/α,β-unsaturated/α-hetero) is 1. The molecule has 0 amide bonds. The highest BCUT2D eigenvalue weighted by Crippen LogP contribution is 2.35. The van der Waals surface area contributed by atoms with Crippen molar-refractivity contribution in [3.8, 4) is 0 Å². The molecule has 182 valence electrons. The van der Waals surface area contributed by atoms with Crippen LogP contribution in [0.2, 0.25) is 0 Å². The number of rotatable bonds is 5. The average molecular weight is 492 g/mol. The molecule has 0 bridgehead atoms. The number of benzene rings is 2. The number of esters is 1. The summed E-state index contributed by atoms with van der Waals surface area (Å²) in [4.78, 5) is 86.4. The molecule has 13 nitrogen and oxygen atoms in total. The first-order valence-corrected chi connectivity index (χ1v) is 10.2. The van der Waals surface area contributed by atoms with Gasteiger partial charge in [0, 0.05) is 30.8 Å². The van der Waals surface area contributed by atoms with Gasteiger partial charge in [-0.05, 0) is 12.1 Å². The highest BCUT2D eigenvalue weighted by molar-refractivity contribution is 6.30. The first kappa shape index (κ1) is 23.9. The zero-order valence-electron chi connectivity index (χ0n) is 18.8. The third-order valence-corrected chi connectivity index (χ3v) is 5.79. The van der Waals surface area contributed by atoms with Gasteiger partial charge in [-0.15, -0.1) is 0 Å². The number of anilines is 1. The zero-order valence-corrected chi connectivity index (χ0v) is 18.8. The summed E-state index contributed by atoms with van der Waals surface area (Å²) in [5.41, 5.74) is 0.881. The molecular weight excluding hydrogens is 476 g/mol. The zero-order chi connectivity index (χ0) is 26.5. The van der Waals surface area contributed by atoms with E-state index in [4.69, 9.17) is 10.5 Å². The number of fused-ring (bicyclic) bond motifs is 2. The van der Waals surface area contributed by atoms with Crippen molar-refractivity contribution in [1.82, 2.24) is 9.13 Å². The van der Waals surface area contributed by atoms with Crippen molar-refractivity contribution < 1.29 is 28.8 Å². The third-order valence-electron chi connectivity index (χ3n) is 5.79. The van der Waals surface area contributed by atoms with Crippen LogP contribution in [0.15, 0.2) is 46.0 Å². The highest BCUT2D eigenvalue weighted by atomic mass is 16.6. The molecule has 36 heavy (non-hydrogen) atoms. The van der Waals surface area contributed by atoms with Gasteiger partial charge in [0.2, 0.25) is 11.6 Å². The minimum Gasteiger partial charge on any atom is -0.453 e. The number of carbonyl (C=O) groups is 4. The molecule has 0 radical (unpaired) electrons. The van der Waals surface area contributed by atoms with E-state index in [1.54, 1.807) is 0 Å². The Morgan fingerprint density at radius 3 is 2.17 bits per heavy atom. The lowest BCUT2D eigenvalue weighted by molar-refractivity contribution is -0.385. The van der Waals surface area contributed by atoms with Crippen molar-refractivity contribution in [3.63, 3.8) is 0 Å². The molecule has 1 aliphatic rings. The summed E-state index contributed by atoms with van der Waals surface area (Å²) in [6.45, 7) is -1.04. The van der Waals surface area contributed by atoms with Gasteiger partial charge < -0.3 is 10.5 Å². The number of ether oxygens (including phenoxy) is 1. The molecule has 3 aromatic rings. The van der Waals surface area contributed by atoms with Crippen molar-refractivity contribution in [3.05, 3.63) is 101 Å². The van der Waals surface area contributed by atoms with Crippen LogP contribution in [0.3, 0.4) is 0 Å². The molecule has 13 heteroatoms. The fourth-order valence-corrected chi connectivity index (χ4v) is 3.93. The minimum absolute atomic E-state index is 0.0557. The summed E-state index contributed by atoms with van der Waals surface area (Å²) < 4.78 is 6.39. The molecule has 0 saturated heterocycles. The van der Waals surface area contributed by atoms with Gasteiger partial charge in [0.05, 0.1) is 4.92 Å². The second-order valence-electron chi connectivity index (χ2n) is 7.81. The van der Waals surface area contributed by atoms with Crippen molar-refractivity contribution >= 4 is 34.8 Å². The highest BCUT2D eigenvalue weighted by Gasteiger charge is 2.39. The van der Waals surface area contributed by atoms with E-state index in [0.717, 1.165) is 23.7 Å². The summed E-state index contributed by atoms with van der Waals surface area (Å²) in [5, 5.41) is 11.9. The van der Waals surface area contributed by atoms with Gasteiger partial charge >= 0.3 is 11.7 Å². The SMILES string of the molecule is Cn1c(N)c(C(=O)COC(=O)c2ccc3c(c2[N+](=O)[O-])C(=O)c2ccccc2C3=O)c(=O)n(C)c1=O. The van der Waals surface area contributed by atoms with Gasteiger partial charge in [0.1, 0.15) is 22.5 Å². The smallest absolute Gasteiger partial charge is 0.345 e. The topological polar surface area (TPSA) is 191 Å². The lowest BCUT2D eigenvalue weighted by atomic mass is 9.82. The molecule has 0 aliphatic heterocycles. The van der Waals surface area contributed by atoms with Gasteiger partial charge in [-0.1, -0.05) is 24.3 Å². The van der Waals surface area contributed by atoms with Crippen LogP contribution >= 0.6 is 0 Å². The maximum Gasteiger partial charge on any atom is 0.345 e. The van der Waals surface area contributed by atoms with Crippen LogP contribution in [-0.4, -0.2) is 44.0 Å². The van der Waals surface area contributed by atoms with Gasteiger partial charge in [0.15, 0.2) is 12.4 Å². The second kappa shape index (κ2) is 8.54. The fraction of sp³-hybridized carbons (Fsp3) is 0.130. The number of nitrogens with two attached hydrogens (primary N) is 1. The average Bonchev–Trinajstić information content (AvgIpc) is 2.87. The van der Waals surface area contributed by atoms with E-state index in [-0.39, 0.29) is 16.7 Å². The third kappa shape index (κ3) is 3.50. The fourth-order valence-electron chi connectivity index (χ4n) is 3.93. The Balaban J connectivity index is 1.71. The summed E-state index contributed by atoms with van der Waals surface area (Å²) in [6, 6.07) is 7.81. The number of ketones is 3. The summed E-state index contributed by atoms with van der Waals surface area (Å²) in [6.07, 6.45) is 0. The number of aromatic nitrogens is 2. The molecule has 0 unspecified atom stereocenters. The number of nitrogens with zero attached hydrogens (tertiary/aromatic N) is 3. The van der Waals surface area contributed by atoms with Crippen molar-refractivity contribution in [1.29, 1.82) is 0 Å². The Morgan fingerprint density at radius 2 is 1.56 bits per heavy atom. The molecule has 1 heterocycles. The Morgan fingerprint density at radius 1 is 0.944 bits per heavy atom. The Kier molecular flexibility index (Phi) is 5.68. The largest absolute Gasteiger partial charge is 0.453 e. The predicted octanol–water partition coefficient (Wildman–Crippen LogP) is 0.389. The van der Waals surface area contributed by atoms with E-state index in [1.807, 2.05) is 0 Å². The van der Waals surface area contributed by atoms with Gasteiger partial charge in [0.25, 0.3) is 11.2 Å². The molecule has 2 N–H and O–H groups in total. The Bertz CT molecular complexity index is 1660. The summed E-state index contributed by atoms with van der Waals surface area (Å²) in [5.74, 6) is -4.31. The normalized spacial score (nSPS) is 12.1. The van der Waals surface area contributed by atoms with Crippen LogP contribution in [0.5, 0.6) is 0 Å². The Hall–Kier alpha value is -5.20. The van der Waals surface area contributed by atoms with Crippen molar-refractivity contribution in [2.24, 2.45) is 14.1 Å². The lowest BCUT2D eigenvalue weighted by Crippen LogP contribution is -2.42. The molecule has 1 aliphatic carbocycles. The number of nitro benzene ring substituents is 1. The number of nitro groups is 1. The van der Waals surface area contributed by atoms with Crippen LogP contribution in [0.4, 0.5) is 11.5 Å². The van der Waals surface area contributed by atoms with Crippen LogP contribution in [0.25, 0.3) is 0 Å². The van der Waals surface area contributed by atoms with Crippen molar-refractivity contribution in [2.45, 2.75) is 0 Å². The minimum atomic E-state index is -1.35. The second-order valence-corrected chi connectivity index (χ2v) is 7.81. The van der Waals surface area contributed by atoms with Crippen molar-refractivity contribution in [2.75, 3.05) is 12.3 Å². The first-order chi connectivity index (χ1) is 17.0. The lowest BCUT2D eigenvalue weighted by Gasteiger charge is -2.18. The summed E-state index contributed by atoms with van der Waals surface area (Å²) in [7, 11) is 2.35. The van der Waals surface area contributed by atoms with Crippen LogP contribution in [-0.2, 0) is 18.8 Å². The maximum absolute atomic E-state index is 13.0. The van der Waals surface area contributed by atoms with E-state index in [0.29, 0.717) is 4.57 Å². The number of hydrogen-bond donors (Lipinski definition) is 1. The van der Waals surface area contributed by atoms with Crippen LogP contribution < -0.4 is 17.0 Å². The molecule has 4 rings (SSSR count). The Labute approximate surface area is 200 Å². The molecule has 2 aromatic carbocycles. The van der Waals surface area contributed by atoms with E-state index in [2.05, 4.69) is 0 Å². The van der Waals surface area contributed by atoms with Crippen LogP contribution in [0, 0.1) is 10.1 Å². The van der Waals surface area contributed by atoms with E-state index in [1.165, 1.54) is 31.3 Å². The van der Waals surface area contributed by atoms with E-state index in [9.17, 15) is 38.9 Å². The van der Waals surface area contributed by atoms with E-state index >= 15 is 0 Å². The van der Waals surface area contributed by atoms with Gasteiger partial charge in [-0.3, -0.25) is 38.4 Å². The molecule has 0 saturated carbocycles. The molecular formula is C23H16N4O9. The van der Waals surface area contributed by atoms with Gasteiger partial charge in [-0.25, -0.2) is 9.59 Å². The quantitative estimate of drug-likeness (QED) is 0.176. The van der Waals surface area contributed by atoms with Gasteiger partial charge in [-0.2, -0.15) is 0 Å². The first-order valence-electron chi connectivity index (χ1n) is 10.2. The number of nitrogen functional groups attached to an aromatic ring is 1. The molecule has 0 spiro atoms. The number of hydrogen-bond acceptors (Lipinski definition) is 10. The predicted molar refractivity (Wildman–Crippen MR) is 122 cm³/mol. The molecule has 0 fully saturated rings. The monoisotopic (exact) mass is 492 g/mol. The summed E-state index contributed by atoms with van der Waals surface area (Å²) >= 11 is 0. The van der Waals surface area contributed by atoms with E-state index < -0.39 is 74.3 Å². The molecule has 1 aromatic heterocycles. The standard InChI is InChI=1S/C23H16N4O9/c1-25-20(24)16(21(31)26(2)23(25)33)14(28)9-36-22(32)13-8-7-12-15(17(13)27(34)35)19(30)11-6-4-3-5-10(11)18(12)29/h3-8H,9,24H2,1-2H3. The van der Waals surface area contributed by atoms with Crippen LogP contribution in [0.1, 0.15) is 52.6 Å². The number of carbonyl (C=O) groups excluding carboxylic acids is 4. The maximum atomic E-state index is 13.0. The molecule has 0 atom stereocenters.